The first-order valence-electron chi connectivity index (χ1n) is 6.63. The van der Waals surface area contributed by atoms with Crippen molar-refractivity contribution in [3.8, 4) is 0 Å². The van der Waals surface area contributed by atoms with Crippen molar-refractivity contribution in [2.75, 3.05) is 20.2 Å². The maximum absolute atomic E-state index is 12.3. The molecular weight excluding hydrogens is 238 g/mol. The Morgan fingerprint density at radius 2 is 1.95 bits per heavy atom. The average molecular weight is 259 g/mol. The fourth-order valence-corrected chi connectivity index (χ4v) is 2.24. The molecule has 1 aliphatic heterocycles. The van der Waals surface area contributed by atoms with Crippen molar-refractivity contribution in [1.29, 1.82) is 0 Å². The number of rotatable bonds is 3. The van der Waals surface area contributed by atoms with Gasteiger partial charge in [0.2, 0.25) is 0 Å². The quantitative estimate of drug-likeness (QED) is 0.835. The minimum atomic E-state index is -0.738. The van der Waals surface area contributed by atoms with Gasteiger partial charge in [-0.05, 0) is 31.4 Å². The van der Waals surface area contributed by atoms with E-state index in [9.17, 15) is 4.79 Å². The van der Waals surface area contributed by atoms with Gasteiger partial charge in [0.25, 0.3) is 5.91 Å². The van der Waals surface area contributed by atoms with Gasteiger partial charge >= 0.3 is 0 Å². The van der Waals surface area contributed by atoms with E-state index in [4.69, 9.17) is 4.74 Å². The number of carbonyl (C=O) groups excluding carboxylic acids is 1. The van der Waals surface area contributed by atoms with E-state index >= 15 is 0 Å². The first-order valence-corrected chi connectivity index (χ1v) is 6.63. The van der Waals surface area contributed by atoms with Crippen LogP contribution in [0.5, 0.6) is 0 Å². The molecule has 1 aromatic carbocycles. The van der Waals surface area contributed by atoms with E-state index in [1.807, 2.05) is 36.9 Å². The Kier molecular flexibility index (Phi) is 4.05. The third-order valence-electron chi connectivity index (χ3n) is 3.67. The van der Waals surface area contributed by atoms with Crippen LogP contribution in [0, 0.1) is 0 Å². The molecule has 0 saturated carbocycles. The van der Waals surface area contributed by atoms with Crippen LogP contribution in [0.1, 0.15) is 25.8 Å². The molecule has 0 radical (unpaired) electrons. The summed E-state index contributed by atoms with van der Waals surface area (Å²) < 4.78 is 5.25. The Morgan fingerprint density at radius 1 is 1.26 bits per heavy atom. The van der Waals surface area contributed by atoms with Crippen LogP contribution in [0.2, 0.25) is 0 Å². The zero-order valence-corrected chi connectivity index (χ0v) is 11.8. The van der Waals surface area contributed by atoms with Crippen LogP contribution in [0.3, 0.4) is 0 Å². The Bertz CT molecular complexity index is 477. The topological polar surface area (TPSA) is 29.5 Å². The number of hydrogen-bond acceptors (Lipinski definition) is 2. The van der Waals surface area contributed by atoms with Crippen LogP contribution in [-0.4, -0.2) is 36.6 Å². The van der Waals surface area contributed by atoms with Gasteiger partial charge in [0.1, 0.15) is 5.60 Å². The first kappa shape index (κ1) is 13.8. The van der Waals surface area contributed by atoms with Crippen molar-refractivity contribution >= 4 is 11.5 Å². The molecule has 102 valence electrons. The zero-order valence-electron chi connectivity index (χ0n) is 11.8. The summed E-state index contributed by atoms with van der Waals surface area (Å²) >= 11 is 0. The normalized spacial score (nSPS) is 16.2. The number of hydrogen-bond donors (Lipinski definition) is 0. The second-order valence-electron chi connectivity index (χ2n) is 5.31. The summed E-state index contributed by atoms with van der Waals surface area (Å²) in [6.07, 6.45) is 3.04. The van der Waals surface area contributed by atoms with Gasteiger partial charge in [-0.15, -0.1) is 0 Å². The minimum Gasteiger partial charge on any atom is -0.369 e. The molecule has 0 N–H and O–H groups in total. The molecule has 0 aromatic heterocycles. The number of carbonyl (C=O) groups is 1. The van der Waals surface area contributed by atoms with Crippen LogP contribution in [0.4, 0.5) is 0 Å². The number of benzene rings is 1. The Labute approximate surface area is 114 Å². The third-order valence-corrected chi connectivity index (χ3v) is 3.67. The highest BCUT2D eigenvalue weighted by atomic mass is 16.5. The molecule has 2 rings (SSSR count). The van der Waals surface area contributed by atoms with Crippen molar-refractivity contribution < 1.29 is 9.53 Å². The fourth-order valence-electron chi connectivity index (χ4n) is 2.24. The lowest BCUT2D eigenvalue weighted by Gasteiger charge is -2.33. The molecule has 0 aliphatic carbocycles. The van der Waals surface area contributed by atoms with Crippen LogP contribution in [0.15, 0.2) is 36.4 Å². The number of nitrogens with zero attached hydrogens (tertiary/aromatic N) is 1. The van der Waals surface area contributed by atoms with Crippen LogP contribution < -0.4 is 0 Å². The molecular formula is C16H21NO2. The van der Waals surface area contributed by atoms with Crippen molar-refractivity contribution in [1.82, 2.24) is 4.90 Å². The Hall–Kier alpha value is -1.61. The lowest BCUT2D eigenvalue weighted by molar-refractivity contribution is -0.150. The summed E-state index contributed by atoms with van der Waals surface area (Å²) in [5.41, 5.74) is 1.83. The van der Waals surface area contributed by atoms with Gasteiger partial charge in [0, 0.05) is 20.2 Å². The fraction of sp³-hybridized carbons (Fsp3) is 0.438. The molecule has 3 nitrogen and oxygen atoms in total. The first-order chi connectivity index (χ1) is 9.04. The largest absolute Gasteiger partial charge is 0.369 e. The summed E-state index contributed by atoms with van der Waals surface area (Å²) in [6, 6.07) is 10.3. The summed E-state index contributed by atoms with van der Waals surface area (Å²) in [6.45, 7) is 5.04. The molecule has 0 fully saturated rings. The Morgan fingerprint density at radius 3 is 2.47 bits per heavy atom. The SMILES string of the molecule is COC(C)(C)C(=O)N1CC=C(c2ccccc2)CC1. The van der Waals surface area contributed by atoms with E-state index in [2.05, 4.69) is 18.2 Å². The predicted molar refractivity (Wildman–Crippen MR) is 76.7 cm³/mol. The molecule has 3 heteroatoms. The van der Waals surface area contributed by atoms with Gasteiger partial charge in [0.15, 0.2) is 0 Å². The molecule has 0 bridgehead atoms. The van der Waals surface area contributed by atoms with Crippen molar-refractivity contribution in [2.24, 2.45) is 0 Å². The monoisotopic (exact) mass is 259 g/mol. The smallest absolute Gasteiger partial charge is 0.254 e. The van der Waals surface area contributed by atoms with Crippen molar-refractivity contribution in [3.05, 3.63) is 42.0 Å². The number of amides is 1. The van der Waals surface area contributed by atoms with Gasteiger partial charge < -0.3 is 9.64 Å². The van der Waals surface area contributed by atoms with Gasteiger partial charge in [-0.3, -0.25) is 4.79 Å². The van der Waals surface area contributed by atoms with Gasteiger partial charge in [-0.25, -0.2) is 0 Å². The standard InChI is InChI=1S/C16H21NO2/c1-16(2,19-3)15(18)17-11-9-14(10-12-17)13-7-5-4-6-8-13/h4-9H,10-12H2,1-3H3. The second-order valence-corrected chi connectivity index (χ2v) is 5.31. The highest BCUT2D eigenvalue weighted by molar-refractivity contribution is 5.85. The maximum Gasteiger partial charge on any atom is 0.254 e. The van der Waals surface area contributed by atoms with E-state index in [-0.39, 0.29) is 5.91 Å². The summed E-state index contributed by atoms with van der Waals surface area (Å²) in [4.78, 5) is 14.1. The van der Waals surface area contributed by atoms with E-state index in [0.29, 0.717) is 6.54 Å². The van der Waals surface area contributed by atoms with Gasteiger partial charge in [-0.2, -0.15) is 0 Å². The van der Waals surface area contributed by atoms with E-state index in [1.54, 1.807) is 7.11 Å². The van der Waals surface area contributed by atoms with E-state index < -0.39 is 5.60 Å². The molecule has 0 spiro atoms. The molecule has 0 atom stereocenters. The lowest BCUT2D eigenvalue weighted by atomic mass is 9.98. The van der Waals surface area contributed by atoms with Gasteiger partial charge in [0.05, 0.1) is 0 Å². The average Bonchev–Trinajstić information content (AvgIpc) is 2.47. The van der Waals surface area contributed by atoms with Crippen LogP contribution in [-0.2, 0) is 9.53 Å². The summed E-state index contributed by atoms with van der Waals surface area (Å²) in [5, 5.41) is 0. The Balaban J connectivity index is 2.06. The van der Waals surface area contributed by atoms with Crippen LogP contribution >= 0.6 is 0 Å². The molecule has 1 heterocycles. The highest BCUT2D eigenvalue weighted by Crippen LogP contribution is 2.23. The molecule has 19 heavy (non-hydrogen) atoms. The number of methoxy groups -OCH3 is 1. The zero-order chi connectivity index (χ0) is 13.9. The lowest BCUT2D eigenvalue weighted by Crippen LogP contribution is -2.47. The summed E-state index contributed by atoms with van der Waals surface area (Å²) in [5.74, 6) is 0.0540. The molecule has 1 aromatic rings. The summed E-state index contributed by atoms with van der Waals surface area (Å²) in [7, 11) is 1.58. The predicted octanol–water partition coefficient (Wildman–Crippen LogP) is 2.73. The molecule has 1 amide bonds. The second kappa shape index (κ2) is 5.57. The van der Waals surface area contributed by atoms with Crippen molar-refractivity contribution in [3.63, 3.8) is 0 Å². The van der Waals surface area contributed by atoms with Crippen molar-refractivity contribution in [2.45, 2.75) is 25.9 Å². The molecule has 0 saturated heterocycles. The maximum atomic E-state index is 12.3. The molecule has 1 aliphatic rings. The highest BCUT2D eigenvalue weighted by Gasteiger charge is 2.32. The van der Waals surface area contributed by atoms with E-state index in [0.717, 1.165) is 13.0 Å². The van der Waals surface area contributed by atoms with E-state index in [1.165, 1.54) is 11.1 Å². The molecule has 0 unspecified atom stereocenters. The minimum absolute atomic E-state index is 0.0540. The van der Waals surface area contributed by atoms with Crippen LogP contribution in [0.25, 0.3) is 5.57 Å². The van der Waals surface area contributed by atoms with Gasteiger partial charge in [-0.1, -0.05) is 36.4 Å². The number of ether oxygens (including phenoxy) is 1. The third kappa shape index (κ3) is 3.04.